The average molecular weight is 1010 g/mol. The Bertz CT molecular complexity index is 3090. The lowest BCUT2D eigenvalue weighted by Crippen LogP contribution is -2.32. The summed E-state index contributed by atoms with van der Waals surface area (Å²) in [5.41, 5.74) is 8.32. The maximum absolute atomic E-state index is 13.3. The molecule has 0 aromatic carbocycles. The fourth-order valence-electron chi connectivity index (χ4n) is 7.55. The van der Waals surface area contributed by atoms with Gasteiger partial charge in [0.1, 0.15) is 28.5 Å². The van der Waals surface area contributed by atoms with Crippen molar-refractivity contribution in [2.24, 2.45) is 48.0 Å². The standard InChI is InChI=1S/C47H59N17O9/c1-27(65)52-38-26-64(7)41(58-38)47(73)57-32-20-37(63(6)25-32)46(72)54-29-17-33(59(2)22-29)42(68)50-13-8-10-40(67)53-28-16-35(61(4)21-28)44(70)56-31-19-36(62(5)24-31)45(71)55-30-18-34(60(3)23-30)43(69)51-15-11-39(66)49-14-9-12-48/h16-26H,8-15,48H2,1-7H3,(H,49,66)(H,50,68)(H,51,69)(H,52,65)(H,53,67)(H,54,72)(H,55,71)(H,56,70)(H,57,73). The van der Waals surface area contributed by atoms with Crippen LogP contribution >= 0.6 is 0 Å². The smallest absolute Gasteiger partial charge is 0.291 e. The molecule has 6 heterocycles. The Balaban J connectivity index is 0.924. The molecule has 11 N–H and O–H groups in total. The SMILES string of the molecule is CC(=O)Nc1cn(C)c(C(=O)Nc2cc(C(=O)Nc3cc(C(=O)NCCCC(=O)Nc4cc(C(=O)Nc5cc(C(=O)Nc6cc(C(=O)NCCC(=O)NCCCN)n(C)c6)n(C)c5)n(C)c4)n(C)c3)n(C)c2)n1. The molecule has 0 atom stereocenters. The molecule has 6 aromatic rings. The van der Waals surface area contributed by atoms with Crippen molar-refractivity contribution in [2.45, 2.75) is 32.6 Å². The second-order valence-electron chi connectivity index (χ2n) is 17.1. The maximum atomic E-state index is 13.3. The van der Waals surface area contributed by atoms with Gasteiger partial charge in [0.25, 0.3) is 35.4 Å². The molecule has 73 heavy (non-hydrogen) atoms. The summed E-state index contributed by atoms with van der Waals surface area (Å²) in [6.45, 7) is 2.53. The fraction of sp³-hybridized carbons (Fsp3) is 0.319. The summed E-state index contributed by atoms with van der Waals surface area (Å²) in [6.07, 6.45) is 10.4. The molecule has 0 aliphatic rings. The largest absolute Gasteiger partial charge is 0.356 e. The lowest BCUT2D eigenvalue weighted by atomic mass is 10.2. The molecule has 26 nitrogen and oxygen atoms in total. The Morgan fingerprint density at radius 1 is 0.425 bits per heavy atom. The number of nitrogens with two attached hydrogens (primary N) is 1. The number of hydrogen-bond donors (Lipinski definition) is 10. The van der Waals surface area contributed by atoms with Crippen LogP contribution in [0.15, 0.2) is 67.5 Å². The van der Waals surface area contributed by atoms with Gasteiger partial charge in [0.15, 0.2) is 5.82 Å². The molecule has 0 aliphatic heterocycles. The Kier molecular flexibility index (Phi) is 17.2. The van der Waals surface area contributed by atoms with Gasteiger partial charge in [-0.15, -0.1) is 0 Å². The first-order valence-corrected chi connectivity index (χ1v) is 22.9. The Labute approximate surface area is 418 Å². The third kappa shape index (κ3) is 14.0. The molecule has 0 saturated carbocycles. The second-order valence-corrected chi connectivity index (χ2v) is 17.1. The number of carbonyl (C=O) groups is 9. The molecule has 6 rings (SSSR count). The van der Waals surface area contributed by atoms with Crippen LogP contribution in [-0.2, 0) is 56.7 Å². The van der Waals surface area contributed by atoms with Gasteiger partial charge in [-0.3, -0.25) is 43.2 Å². The first kappa shape index (κ1) is 53.2. The van der Waals surface area contributed by atoms with Gasteiger partial charge in [-0.2, -0.15) is 0 Å². The van der Waals surface area contributed by atoms with Crippen LogP contribution in [0.3, 0.4) is 0 Å². The summed E-state index contributed by atoms with van der Waals surface area (Å²) in [4.78, 5) is 119. The van der Waals surface area contributed by atoms with Crippen molar-refractivity contribution in [1.82, 2.24) is 48.3 Å². The molecule has 0 fully saturated rings. The molecular weight excluding hydrogens is 947 g/mol. The number of anilines is 6. The summed E-state index contributed by atoms with van der Waals surface area (Å²) in [5, 5.41) is 24.5. The van der Waals surface area contributed by atoms with E-state index in [1.54, 1.807) is 82.4 Å². The van der Waals surface area contributed by atoms with Gasteiger partial charge in [-0.05, 0) is 49.7 Å². The van der Waals surface area contributed by atoms with Crippen molar-refractivity contribution in [2.75, 3.05) is 58.1 Å². The van der Waals surface area contributed by atoms with Crippen molar-refractivity contribution in [3.63, 3.8) is 0 Å². The minimum Gasteiger partial charge on any atom is -0.356 e. The number of nitrogens with one attached hydrogen (secondary N) is 9. The monoisotopic (exact) mass is 1010 g/mol. The lowest BCUT2D eigenvalue weighted by Gasteiger charge is -2.06. The highest BCUT2D eigenvalue weighted by Gasteiger charge is 2.22. The van der Waals surface area contributed by atoms with Crippen LogP contribution in [-0.4, -0.2) is 112 Å². The van der Waals surface area contributed by atoms with Crippen molar-refractivity contribution in [3.8, 4) is 0 Å². The predicted molar refractivity (Wildman–Crippen MR) is 270 cm³/mol. The van der Waals surface area contributed by atoms with Crippen molar-refractivity contribution >= 4 is 87.4 Å². The van der Waals surface area contributed by atoms with Crippen LogP contribution in [0.25, 0.3) is 0 Å². The molecule has 0 radical (unpaired) electrons. The van der Waals surface area contributed by atoms with E-state index in [1.807, 2.05) is 0 Å². The third-order valence-electron chi connectivity index (χ3n) is 11.1. The van der Waals surface area contributed by atoms with Crippen molar-refractivity contribution < 1.29 is 43.2 Å². The number of rotatable bonds is 22. The summed E-state index contributed by atoms with van der Waals surface area (Å²) in [6, 6.07) is 7.49. The fourth-order valence-corrected chi connectivity index (χ4v) is 7.55. The maximum Gasteiger partial charge on any atom is 0.291 e. The summed E-state index contributed by atoms with van der Waals surface area (Å²) >= 11 is 0. The first-order chi connectivity index (χ1) is 34.7. The molecule has 0 spiro atoms. The normalized spacial score (nSPS) is 10.8. The van der Waals surface area contributed by atoms with Gasteiger partial charge in [-0.1, -0.05) is 0 Å². The zero-order valence-corrected chi connectivity index (χ0v) is 41.4. The van der Waals surface area contributed by atoms with Crippen LogP contribution in [0.1, 0.15) is 95.7 Å². The molecule has 9 amide bonds. The number of amides is 9. The zero-order chi connectivity index (χ0) is 53.1. The van der Waals surface area contributed by atoms with E-state index in [4.69, 9.17) is 5.73 Å². The van der Waals surface area contributed by atoms with Crippen molar-refractivity contribution in [1.29, 1.82) is 0 Å². The minimum atomic E-state index is -0.557. The molecule has 6 aromatic heterocycles. The van der Waals surface area contributed by atoms with E-state index in [2.05, 4.69) is 52.8 Å². The molecule has 0 saturated heterocycles. The van der Waals surface area contributed by atoms with Crippen LogP contribution < -0.4 is 53.6 Å². The number of hydrogen-bond acceptors (Lipinski definition) is 11. The van der Waals surface area contributed by atoms with Gasteiger partial charge in [-0.25, -0.2) is 4.98 Å². The van der Waals surface area contributed by atoms with Crippen LogP contribution in [0.4, 0.5) is 34.3 Å². The van der Waals surface area contributed by atoms with E-state index in [-0.39, 0.29) is 90.2 Å². The highest BCUT2D eigenvalue weighted by Crippen LogP contribution is 2.22. The summed E-state index contributed by atoms with van der Waals surface area (Å²) in [7, 11) is 9.79. The molecular formula is C47H59N17O9. The van der Waals surface area contributed by atoms with Gasteiger partial charge < -0.3 is 81.0 Å². The van der Waals surface area contributed by atoms with Gasteiger partial charge >= 0.3 is 0 Å². The number of imidazole rings is 1. The molecule has 0 aliphatic carbocycles. The topological polar surface area (TPSA) is 330 Å². The highest BCUT2D eigenvalue weighted by molar-refractivity contribution is 6.09. The summed E-state index contributed by atoms with van der Waals surface area (Å²) < 4.78 is 9.13. The van der Waals surface area contributed by atoms with Gasteiger partial charge in [0.05, 0.1) is 28.4 Å². The minimum absolute atomic E-state index is 0.0401. The summed E-state index contributed by atoms with van der Waals surface area (Å²) in [5.74, 6) is -3.55. The molecule has 0 unspecified atom stereocenters. The van der Waals surface area contributed by atoms with E-state index in [1.165, 1.54) is 61.7 Å². The van der Waals surface area contributed by atoms with Gasteiger partial charge in [0, 0.05) is 119 Å². The number of aryl methyl sites for hydroxylation is 6. The van der Waals surface area contributed by atoms with Crippen molar-refractivity contribution in [3.05, 3.63) is 102 Å². The third-order valence-corrected chi connectivity index (χ3v) is 11.1. The lowest BCUT2D eigenvalue weighted by molar-refractivity contribution is -0.121. The second kappa shape index (κ2) is 23.6. The Hall–Kier alpha value is -9.20. The van der Waals surface area contributed by atoms with E-state index < -0.39 is 35.4 Å². The highest BCUT2D eigenvalue weighted by atomic mass is 16.2. The molecule has 26 heteroatoms. The van der Waals surface area contributed by atoms with Crippen LogP contribution in [0, 0.1) is 0 Å². The van der Waals surface area contributed by atoms with Crippen LogP contribution in [0.2, 0.25) is 0 Å². The van der Waals surface area contributed by atoms with E-state index in [9.17, 15) is 43.2 Å². The van der Waals surface area contributed by atoms with E-state index in [0.29, 0.717) is 47.9 Å². The number of aromatic nitrogens is 7. The molecule has 386 valence electrons. The predicted octanol–water partition coefficient (Wildman–Crippen LogP) is 1.81. The Morgan fingerprint density at radius 3 is 1.23 bits per heavy atom. The van der Waals surface area contributed by atoms with E-state index >= 15 is 0 Å². The zero-order valence-electron chi connectivity index (χ0n) is 41.4. The quantitative estimate of drug-likeness (QED) is 0.0438. The average Bonchev–Trinajstić information content (AvgIpc) is 4.18. The number of nitrogens with zero attached hydrogens (tertiary/aromatic N) is 7. The first-order valence-electron chi connectivity index (χ1n) is 22.9. The van der Waals surface area contributed by atoms with E-state index in [0.717, 1.165) is 0 Å². The Morgan fingerprint density at radius 2 is 0.808 bits per heavy atom. The molecule has 0 bridgehead atoms. The van der Waals surface area contributed by atoms with Gasteiger partial charge in [0.2, 0.25) is 23.5 Å². The number of carbonyl (C=O) groups excluding carboxylic acids is 9. The van der Waals surface area contributed by atoms with Crippen LogP contribution in [0.5, 0.6) is 0 Å².